The number of aliphatic carboxylic acids is 1. The summed E-state index contributed by atoms with van der Waals surface area (Å²) in [4.78, 5) is 25.2. The molecule has 1 aromatic carbocycles. The van der Waals surface area contributed by atoms with Crippen molar-refractivity contribution in [2.24, 2.45) is 0 Å². The second kappa shape index (κ2) is 11.2. The third-order valence-electron chi connectivity index (χ3n) is 3.57. The molecule has 1 atom stereocenters. The van der Waals surface area contributed by atoms with E-state index in [-0.39, 0.29) is 18.7 Å². The number of ether oxygens (including phenoxy) is 1. The van der Waals surface area contributed by atoms with Gasteiger partial charge in [-0.05, 0) is 24.6 Å². The van der Waals surface area contributed by atoms with Crippen molar-refractivity contribution >= 4 is 35.1 Å². The van der Waals surface area contributed by atoms with Gasteiger partial charge in [-0.1, -0.05) is 12.1 Å². The molecule has 0 aliphatic carbocycles. The summed E-state index contributed by atoms with van der Waals surface area (Å²) >= 11 is 11.4. The van der Waals surface area contributed by atoms with Gasteiger partial charge in [0.05, 0.1) is 13.0 Å². The first-order valence-electron chi connectivity index (χ1n) is 7.86. The van der Waals surface area contributed by atoms with E-state index in [9.17, 15) is 9.59 Å². The predicted molar refractivity (Wildman–Crippen MR) is 95.2 cm³/mol. The average molecular weight is 376 g/mol. The molecule has 1 unspecified atom stereocenters. The van der Waals surface area contributed by atoms with E-state index in [1.807, 2.05) is 6.92 Å². The molecule has 1 N–H and O–H groups in total. The Morgan fingerprint density at radius 2 is 1.71 bits per heavy atom. The van der Waals surface area contributed by atoms with Crippen LogP contribution in [0.25, 0.3) is 0 Å². The van der Waals surface area contributed by atoms with Crippen molar-refractivity contribution < 1.29 is 19.4 Å². The Labute approximate surface area is 152 Å². The number of carboxylic acids is 1. The number of hydrogen-bond donors (Lipinski definition) is 1. The Morgan fingerprint density at radius 3 is 2.17 bits per heavy atom. The molecule has 0 aliphatic heterocycles. The van der Waals surface area contributed by atoms with Crippen molar-refractivity contribution in [2.75, 3.05) is 31.5 Å². The largest absolute Gasteiger partial charge is 0.494 e. The standard InChI is InChI=1S/C17H23Cl2NO4/c1-2-24-15-5-3-13(4-6-15)14(12-17(22)23)11-16(21)20(9-7-18)10-8-19/h3-6,14H,2,7-12H2,1H3,(H,22,23). The Kier molecular flexibility index (Phi) is 9.57. The fourth-order valence-corrected chi connectivity index (χ4v) is 2.83. The molecule has 0 fully saturated rings. The molecule has 0 saturated heterocycles. The lowest BCUT2D eigenvalue weighted by Gasteiger charge is -2.23. The van der Waals surface area contributed by atoms with Gasteiger partial charge < -0.3 is 14.7 Å². The number of carbonyl (C=O) groups is 2. The fraction of sp³-hybridized carbons (Fsp3) is 0.529. The van der Waals surface area contributed by atoms with Crippen molar-refractivity contribution in [3.8, 4) is 5.75 Å². The lowest BCUT2D eigenvalue weighted by Crippen LogP contribution is -2.35. The number of halogens is 2. The highest BCUT2D eigenvalue weighted by Crippen LogP contribution is 2.26. The van der Waals surface area contributed by atoms with Crippen LogP contribution in [0.1, 0.15) is 31.2 Å². The van der Waals surface area contributed by atoms with Crippen LogP contribution >= 0.6 is 23.2 Å². The van der Waals surface area contributed by atoms with Crippen LogP contribution in [0.2, 0.25) is 0 Å². The number of nitrogens with zero attached hydrogens (tertiary/aromatic N) is 1. The molecule has 1 aromatic rings. The maximum atomic E-state index is 12.4. The van der Waals surface area contributed by atoms with E-state index >= 15 is 0 Å². The summed E-state index contributed by atoms with van der Waals surface area (Å²) in [5.41, 5.74) is 0.797. The third kappa shape index (κ3) is 6.97. The molecule has 7 heteroatoms. The Bertz CT molecular complexity index is 516. The first-order chi connectivity index (χ1) is 11.5. The molecule has 0 aliphatic rings. The quantitative estimate of drug-likeness (QED) is 0.602. The van der Waals surface area contributed by atoms with Crippen LogP contribution < -0.4 is 4.74 Å². The van der Waals surface area contributed by atoms with Gasteiger partial charge in [0, 0.05) is 37.2 Å². The molecule has 0 heterocycles. The van der Waals surface area contributed by atoms with Crippen molar-refractivity contribution in [2.45, 2.75) is 25.7 Å². The number of amides is 1. The van der Waals surface area contributed by atoms with Crippen molar-refractivity contribution in [3.05, 3.63) is 29.8 Å². The van der Waals surface area contributed by atoms with Crippen LogP contribution in [0.15, 0.2) is 24.3 Å². The van der Waals surface area contributed by atoms with Crippen LogP contribution in [-0.4, -0.2) is 53.3 Å². The van der Waals surface area contributed by atoms with Crippen LogP contribution in [0.3, 0.4) is 0 Å². The molecular formula is C17H23Cl2NO4. The Morgan fingerprint density at radius 1 is 1.12 bits per heavy atom. The minimum atomic E-state index is -0.942. The first kappa shape index (κ1) is 20.6. The zero-order valence-electron chi connectivity index (χ0n) is 13.7. The van der Waals surface area contributed by atoms with Crippen LogP contribution in [-0.2, 0) is 9.59 Å². The van der Waals surface area contributed by atoms with Gasteiger partial charge in [-0.25, -0.2) is 0 Å². The lowest BCUT2D eigenvalue weighted by molar-refractivity contribution is -0.137. The zero-order valence-corrected chi connectivity index (χ0v) is 15.2. The minimum absolute atomic E-state index is 0.105. The number of hydrogen-bond acceptors (Lipinski definition) is 3. The lowest BCUT2D eigenvalue weighted by atomic mass is 9.92. The second-order valence-electron chi connectivity index (χ2n) is 5.26. The molecule has 0 spiro atoms. The molecule has 0 bridgehead atoms. The van der Waals surface area contributed by atoms with Gasteiger partial charge in [0.25, 0.3) is 0 Å². The molecule has 134 valence electrons. The Hall–Kier alpha value is -1.46. The van der Waals surface area contributed by atoms with E-state index in [1.54, 1.807) is 29.2 Å². The summed E-state index contributed by atoms with van der Waals surface area (Å²) < 4.78 is 5.38. The van der Waals surface area contributed by atoms with E-state index in [2.05, 4.69) is 0 Å². The molecule has 0 saturated carbocycles. The van der Waals surface area contributed by atoms with E-state index in [4.69, 9.17) is 33.0 Å². The van der Waals surface area contributed by atoms with Gasteiger partial charge in [0.2, 0.25) is 5.91 Å². The normalized spacial score (nSPS) is 11.8. The molecule has 24 heavy (non-hydrogen) atoms. The van der Waals surface area contributed by atoms with Crippen LogP contribution in [0.5, 0.6) is 5.75 Å². The highest BCUT2D eigenvalue weighted by molar-refractivity contribution is 6.18. The summed E-state index contributed by atoms with van der Waals surface area (Å²) in [7, 11) is 0. The smallest absolute Gasteiger partial charge is 0.303 e. The van der Waals surface area contributed by atoms with Crippen LogP contribution in [0.4, 0.5) is 0 Å². The predicted octanol–water partition coefficient (Wildman–Crippen LogP) is 3.34. The van der Waals surface area contributed by atoms with Crippen molar-refractivity contribution in [1.29, 1.82) is 0 Å². The fourth-order valence-electron chi connectivity index (χ4n) is 2.43. The highest BCUT2D eigenvalue weighted by atomic mass is 35.5. The maximum absolute atomic E-state index is 12.4. The topological polar surface area (TPSA) is 66.8 Å². The minimum Gasteiger partial charge on any atom is -0.494 e. The van der Waals surface area contributed by atoms with Gasteiger partial charge in [0.1, 0.15) is 5.75 Å². The molecule has 0 aromatic heterocycles. The number of benzene rings is 1. The van der Waals surface area contributed by atoms with Gasteiger partial charge in [-0.15, -0.1) is 23.2 Å². The van der Waals surface area contributed by atoms with E-state index in [1.165, 1.54) is 0 Å². The summed E-state index contributed by atoms with van der Waals surface area (Å²) in [5.74, 6) is -0.143. The summed E-state index contributed by atoms with van der Waals surface area (Å²) in [5, 5.41) is 9.15. The average Bonchev–Trinajstić information content (AvgIpc) is 2.54. The zero-order chi connectivity index (χ0) is 17.9. The summed E-state index contributed by atoms with van der Waals surface area (Å²) in [6.07, 6.45) is -0.0105. The summed E-state index contributed by atoms with van der Waals surface area (Å²) in [6, 6.07) is 7.18. The molecule has 1 amide bonds. The molecular weight excluding hydrogens is 353 g/mol. The number of alkyl halides is 2. The van der Waals surface area contributed by atoms with Crippen molar-refractivity contribution in [1.82, 2.24) is 4.90 Å². The maximum Gasteiger partial charge on any atom is 0.303 e. The third-order valence-corrected chi connectivity index (χ3v) is 3.90. The van der Waals surface area contributed by atoms with Gasteiger partial charge >= 0.3 is 5.97 Å². The van der Waals surface area contributed by atoms with E-state index in [0.29, 0.717) is 37.2 Å². The Balaban J connectivity index is 2.87. The number of carboxylic acid groups (broad SMARTS) is 1. The van der Waals surface area contributed by atoms with Gasteiger partial charge in [-0.3, -0.25) is 9.59 Å². The monoisotopic (exact) mass is 375 g/mol. The van der Waals surface area contributed by atoms with Crippen molar-refractivity contribution in [3.63, 3.8) is 0 Å². The first-order valence-corrected chi connectivity index (χ1v) is 8.93. The van der Waals surface area contributed by atoms with Gasteiger partial charge in [-0.2, -0.15) is 0 Å². The molecule has 0 radical (unpaired) electrons. The number of rotatable bonds is 11. The second-order valence-corrected chi connectivity index (χ2v) is 6.02. The van der Waals surface area contributed by atoms with E-state index < -0.39 is 11.9 Å². The van der Waals surface area contributed by atoms with Gasteiger partial charge in [0.15, 0.2) is 0 Å². The van der Waals surface area contributed by atoms with Crippen LogP contribution in [0, 0.1) is 0 Å². The molecule has 5 nitrogen and oxygen atoms in total. The SMILES string of the molecule is CCOc1ccc(C(CC(=O)O)CC(=O)N(CCCl)CCCl)cc1. The van der Waals surface area contributed by atoms with E-state index in [0.717, 1.165) is 5.56 Å². The highest BCUT2D eigenvalue weighted by Gasteiger charge is 2.22. The number of carbonyl (C=O) groups excluding carboxylic acids is 1. The summed E-state index contributed by atoms with van der Waals surface area (Å²) in [6.45, 7) is 3.25. The molecule has 1 rings (SSSR count).